The number of hydrogen-bond donors (Lipinski definition) is 0. The van der Waals surface area contributed by atoms with Crippen LogP contribution in [0.25, 0.3) is 0 Å². The maximum atomic E-state index is 13.8. The lowest BCUT2D eigenvalue weighted by Gasteiger charge is -2.34. The lowest BCUT2D eigenvalue weighted by Crippen LogP contribution is -2.45. The van der Waals surface area contributed by atoms with Gasteiger partial charge in [-0.3, -0.25) is 4.79 Å². The maximum absolute atomic E-state index is 13.8. The number of carbonyl (C=O) groups is 1. The van der Waals surface area contributed by atoms with Crippen LogP contribution in [0.3, 0.4) is 0 Å². The van der Waals surface area contributed by atoms with Gasteiger partial charge >= 0.3 is 0 Å². The van der Waals surface area contributed by atoms with Crippen LogP contribution in [0.15, 0.2) is 48.5 Å². The van der Waals surface area contributed by atoms with Gasteiger partial charge in [-0.1, -0.05) is 18.2 Å². The number of rotatable bonds is 4. The predicted octanol–water partition coefficient (Wildman–Crippen LogP) is 3.67. The lowest BCUT2D eigenvalue weighted by atomic mass is 10.1. The fourth-order valence-electron chi connectivity index (χ4n) is 4.33. The van der Waals surface area contributed by atoms with Gasteiger partial charge in [-0.2, -0.15) is 4.98 Å². The molecule has 1 fully saturated rings. The molecule has 2 aliphatic heterocycles. The second-order valence-electron chi connectivity index (χ2n) is 8.90. The molecule has 3 heterocycles. The first-order valence-corrected chi connectivity index (χ1v) is 11.6. The summed E-state index contributed by atoms with van der Waals surface area (Å²) in [4.78, 5) is 29.0. The summed E-state index contributed by atoms with van der Waals surface area (Å²) in [5, 5.41) is 0. The Morgan fingerprint density at radius 3 is 2.50 bits per heavy atom. The van der Waals surface area contributed by atoms with E-state index in [1.54, 1.807) is 24.0 Å². The van der Waals surface area contributed by atoms with Gasteiger partial charge in [0.2, 0.25) is 11.8 Å². The van der Waals surface area contributed by atoms with E-state index in [0.717, 1.165) is 37.4 Å². The quantitative estimate of drug-likeness (QED) is 0.591. The van der Waals surface area contributed by atoms with Gasteiger partial charge in [0.25, 0.3) is 5.91 Å². The van der Waals surface area contributed by atoms with E-state index in [-0.39, 0.29) is 11.7 Å². The molecule has 0 saturated carbocycles. The predicted molar refractivity (Wildman–Crippen MR) is 128 cm³/mol. The molecular formula is C26H28FN5O2. The highest BCUT2D eigenvalue weighted by molar-refractivity contribution is 5.94. The molecule has 0 spiro atoms. The molecule has 0 N–H and O–H groups in total. The smallest absolute Gasteiger partial charge is 0.254 e. The van der Waals surface area contributed by atoms with Gasteiger partial charge in [-0.25, -0.2) is 9.37 Å². The number of aromatic nitrogens is 2. The number of nitrogens with zero attached hydrogens (tertiary/aromatic N) is 5. The van der Waals surface area contributed by atoms with Crippen LogP contribution in [-0.4, -0.2) is 65.4 Å². The number of halogens is 1. The lowest BCUT2D eigenvalue weighted by molar-refractivity contribution is 0.0732. The maximum Gasteiger partial charge on any atom is 0.254 e. The topological polar surface area (TPSA) is 61.8 Å². The van der Waals surface area contributed by atoms with Crippen LogP contribution in [0.5, 0.6) is 11.6 Å². The van der Waals surface area contributed by atoms with Crippen molar-refractivity contribution in [1.82, 2.24) is 19.8 Å². The standard InChI is InChI=1S/C26H28FN5O2/c1-18-16-20(8-9-22(18)27)34-24-21-17-32(25(33)19-6-4-3-5-7-19)11-10-23(21)28-26(29-24)31-14-12-30(2)13-15-31/h3-9,16H,10-15,17H2,1-2H3. The van der Waals surface area contributed by atoms with Crippen molar-refractivity contribution < 1.29 is 13.9 Å². The molecule has 2 aliphatic rings. The number of fused-ring (bicyclic) bond motifs is 1. The van der Waals surface area contributed by atoms with E-state index in [0.29, 0.717) is 48.2 Å². The first kappa shape index (κ1) is 22.3. The van der Waals surface area contributed by atoms with E-state index in [4.69, 9.17) is 14.7 Å². The van der Waals surface area contributed by atoms with Crippen molar-refractivity contribution in [3.05, 3.63) is 76.7 Å². The zero-order chi connectivity index (χ0) is 23.7. The van der Waals surface area contributed by atoms with Crippen LogP contribution in [0, 0.1) is 12.7 Å². The number of amides is 1. The van der Waals surface area contributed by atoms with Gasteiger partial charge in [0.05, 0.1) is 17.8 Å². The Hall–Kier alpha value is -3.52. The van der Waals surface area contributed by atoms with Crippen LogP contribution in [-0.2, 0) is 13.0 Å². The Bertz CT molecular complexity index is 1200. The Kier molecular flexibility index (Phi) is 6.15. The van der Waals surface area contributed by atoms with Gasteiger partial charge in [0.1, 0.15) is 11.6 Å². The molecule has 0 radical (unpaired) electrons. The first-order chi connectivity index (χ1) is 16.5. The molecule has 0 aliphatic carbocycles. The van der Waals surface area contributed by atoms with Crippen molar-refractivity contribution in [3.63, 3.8) is 0 Å². The molecule has 3 aromatic rings. The zero-order valence-electron chi connectivity index (χ0n) is 19.5. The summed E-state index contributed by atoms with van der Waals surface area (Å²) in [6.45, 7) is 6.19. The molecule has 0 bridgehead atoms. The Morgan fingerprint density at radius 1 is 1.00 bits per heavy atom. The van der Waals surface area contributed by atoms with E-state index < -0.39 is 0 Å². The highest BCUT2D eigenvalue weighted by Gasteiger charge is 2.29. The second kappa shape index (κ2) is 9.38. The van der Waals surface area contributed by atoms with Gasteiger partial charge in [-0.05, 0) is 49.9 Å². The number of aryl methyl sites for hydroxylation is 1. The van der Waals surface area contributed by atoms with Crippen LogP contribution in [0.2, 0.25) is 0 Å². The number of hydrogen-bond acceptors (Lipinski definition) is 6. The highest BCUT2D eigenvalue weighted by Crippen LogP contribution is 2.32. The summed E-state index contributed by atoms with van der Waals surface area (Å²) < 4.78 is 20.0. The molecule has 0 unspecified atom stereocenters. The zero-order valence-corrected chi connectivity index (χ0v) is 19.5. The second-order valence-corrected chi connectivity index (χ2v) is 8.90. The van der Waals surface area contributed by atoms with Crippen LogP contribution in [0.4, 0.5) is 10.3 Å². The van der Waals surface area contributed by atoms with E-state index in [1.807, 2.05) is 30.3 Å². The molecular weight excluding hydrogens is 433 g/mol. The van der Waals surface area contributed by atoms with E-state index in [2.05, 4.69) is 16.8 Å². The van der Waals surface area contributed by atoms with Crippen molar-refractivity contribution in [3.8, 4) is 11.6 Å². The largest absolute Gasteiger partial charge is 0.438 e. The van der Waals surface area contributed by atoms with E-state index >= 15 is 0 Å². The molecule has 7 nitrogen and oxygen atoms in total. The summed E-state index contributed by atoms with van der Waals surface area (Å²) in [6.07, 6.45) is 0.621. The third-order valence-electron chi connectivity index (χ3n) is 6.45. The summed E-state index contributed by atoms with van der Waals surface area (Å²) in [7, 11) is 2.11. The van der Waals surface area contributed by atoms with Crippen molar-refractivity contribution in [2.45, 2.75) is 19.9 Å². The summed E-state index contributed by atoms with van der Waals surface area (Å²) in [5.74, 6) is 1.27. The average Bonchev–Trinajstić information content (AvgIpc) is 2.86. The molecule has 8 heteroatoms. The van der Waals surface area contributed by atoms with Crippen molar-refractivity contribution in [1.29, 1.82) is 0 Å². The summed E-state index contributed by atoms with van der Waals surface area (Å²) in [6, 6.07) is 13.9. The number of benzene rings is 2. The van der Waals surface area contributed by atoms with Crippen molar-refractivity contribution >= 4 is 11.9 Å². The molecule has 176 valence electrons. The summed E-state index contributed by atoms with van der Waals surface area (Å²) in [5.41, 5.74) is 2.85. The monoisotopic (exact) mass is 461 g/mol. The Balaban J connectivity index is 1.49. The van der Waals surface area contributed by atoms with Crippen LogP contribution < -0.4 is 9.64 Å². The average molecular weight is 462 g/mol. The minimum Gasteiger partial charge on any atom is -0.438 e. The Labute approximate surface area is 198 Å². The van der Waals surface area contributed by atoms with Crippen molar-refractivity contribution in [2.24, 2.45) is 0 Å². The fourth-order valence-corrected chi connectivity index (χ4v) is 4.33. The molecule has 2 aromatic carbocycles. The third kappa shape index (κ3) is 4.59. The molecule has 1 amide bonds. The number of anilines is 1. The summed E-state index contributed by atoms with van der Waals surface area (Å²) >= 11 is 0. The minimum atomic E-state index is -0.283. The fraction of sp³-hybridized carbons (Fsp3) is 0.346. The van der Waals surface area contributed by atoms with Gasteiger partial charge in [-0.15, -0.1) is 0 Å². The first-order valence-electron chi connectivity index (χ1n) is 11.6. The SMILES string of the molecule is Cc1cc(Oc2nc(N3CCN(C)CC3)nc3c2CN(C(=O)c2ccccc2)CC3)ccc1F. The van der Waals surface area contributed by atoms with Gasteiger partial charge in [0.15, 0.2) is 0 Å². The van der Waals surface area contributed by atoms with Crippen molar-refractivity contribution in [2.75, 3.05) is 44.7 Å². The van der Waals surface area contributed by atoms with Crippen LogP contribution in [0.1, 0.15) is 27.2 Å². The van der Waals surface area contributed by atoms with Gasteiger partial charge < -0.3 is 19.4 Å². The van der Waals surface area contributed by atoms with Gasteiger partial charge in [0, 0.05) is 44.7 Å². The molecule has 1 saturated heterocycles. The number of ether oxygens (including phenoxy) is 1. The van der Waals surface area contributed by atoms with E-state index in [1.165, 1.54) is 6.07 Å². The molecule has 34 heavy (non-hydrogen) atoms. The molecule has 1 aromatic heterocycles. The van der Waals surface area contributed by atoms with Crippen LogP contribution >= 0.6 is 0 Å². The number of carbonyl (C=O) groups excluding carboxylic acids is 1. The third-order valence-corrected chi connectivity index (χ3v) is 6.45. The number of piperazine rings is 1. The normalized spacial score (nSPS) is 16.3. The minimum absolute atomic E-state index is 0.0297. The Morgan fingerprint density at radius 2 is 1.76 bits per heavy atom. The highest BCUT2D eigenvalue weighted by atomic mass is 19.1. The number of likely N-dealkylation sites (N-methyl/N-ethyl adjacent to an activating group) is 1. The molecule has 5 rings (SSSR count). The van der Waals surface area contributed by atoms with E-state index in [9.17, 15) is 9.18 Å². The molecule has 0 atom stereocenters.